The molecule has 1 aromatic carbocycles. The summed E-state index contributed by atoms with van der Waals surface area (Å²) < 4.78 is 0. The van der Waals surface area contributed by atoms with E-state index in [4.69, 9.17) is 5.73 Å². The van der Waals surface area contributed by atoms with Crippen LogP contribution in [0.4, 0.5) is 0 Å². The van der Waals surface area contributed by atoms with Gasteiger partial charge in [-0.05, 0) is 43.5 Å². The van der Waals surface area contributed by atoms with Gasteiger partial charge in [0.2, 0.25) is 0 Å². The van der Waals surface area contributed by atoms with Gasteiger partial charge in [0.25, 0.3) is 5.91 Å². The molecule has 18 heavy (non-hydrogen) atoms. The van der Waals surface area contributed by atoms with Crippen LogP contribution in [-0.2, 0) is 0 Å². The summed E-state index contributed by atoms with van der Waals surface area (Å²) in [6.45, 7) is 0.352. The Balaban J connectivity index is 2.06. The minimum atomic E-state index is 0.0954. The summed E-state index contributed by atoms with van der Waals surface area (Å²) >= 11 is 0. The lowest BCUT2D eigenvalue weighted by molar-refractivity contribution is 0.0652. The highest BCUT2D eigenvalue weighted by Gasteiger charge is 2.26. The molecule has 0 heterocycles. The van der Waals surface area contributed by atoms with E-state index in [1.807, 2.05) is 36.2 Å². The van der Waals surface area contributed by atoms with Gasteiger partial charge in [0.1, 0.15) is 0 Å². The van der Waals surface area contributed by atoms with Gasteiger partial charge in [-0.1, -0.05) is 11.8 Å². The molecule has 3 heteroatoms. The molecule has 2 N–H and O–H groups in total. The zero-order chi connectivity index (χ0) is 13.0. The molecule has 0 saturated heterocycles. The lowest BCUT2D eigenvalue weighted by Gasteiger charge is -2.34. The lowest BCUT2D eigenvalue weighted by atomic mass is 9.91. The smallest absolute Gasteiger partial charge is 0.253 e. The monoisotopic (exact) mass is 242 g/mol. The van der Waals surface area contributed by atoms with Crippen molar-refractivity contribution in [2.45, 2.75) is 25.3 Å². The number of nitrogens with zero attached hydrogens (tertiary/aromatic N) is 1. The zero-order valence-electron chi connectivity index (χ0n) is 10.6. The van der Waals surface area contributed by atoms with Gasteiger partial charge in [-0.15, -0.1) is 0 Å². The van der Waals surface area contributed by atoms with Crippen molar-refractivity contribution in [3.05, 3.63) is 35.4 Å². The maximum absolute atomic E-state index is 12.2. The van der Waals surface area contributed by atoms with Crippen LogP contribution in [0, 0.1) is 11.8 Å². The first-order valence-corrected chi connectivity index (χ1v) is 6.28. The first-order valence-electron chi connectivity index (χ1n) is 6.28. The van der Waals surface area contributed by atoms with Crippen LogP contribution in [0.3, 0.4) is 0 Å². The van der Waals surface area contributed by atoms with Gasteiger partial charge < -0.3 is 10.6 Å². The fourth-order valence-electron chi connectivity index (χ4n) is 1.99. The summed E-state index contributed by atoms with van der Waals surface area (Å²) in [7, 11) is 1.88. The number of benzene rings is 1. The van der Waals surface area contributed by atoms with Crippen molar-refractivity contribution >= 4 is 5.91 Å². The average Bonchev–Trinajstić information content (AvgIpc) is 2.34. The molecule has 0 unspecified atom stereocenters. The van der Waals surface area contributed by atoms with Gasteiger partial charge in [0.05, 0.1) is 6.54 Å². The van der Waals surface area contributed by atoms with Crippen molar-refractivity contribution in [1.29, 1.82) is 0 Å². The van der Waals surface area contributed by atoms with Crippen LogP contribution in [0.1, 0.15) is 35.2 Å². The van der Waals surface area contributed by atoms with E-state index in [-0.39, 0.29) is 5.91 Å². The minimum absolute atomic E-state index is 0.0954. The topological polar surface area (TPSA) is 46.3 Å². The molecule has 1 fully saturated rings. The Hall–Kier alpha value is -1.79. The number of carbonyl (C=O) groups excluding carboxylic acids is 1. The van der Waals surface area contributed by atoms with E-state index >= 15 is 0 Å². The Morgan fingerprint density at radius 3 is 2.56 bits per heavy atom. The maximum Gasteiger partial charge on any atom is 0.253 e. The number of hydrogen-bond donors (Lipinski definition) is 1. The highest BCUT2D eigenvalue weighted by molar-refractivity contribution is 5.94. The molecular formula is C15H18N2O. The predicted molar refractivity (Wildman–Crippen MR) is 72.1 cm³/mol. The Morgan fingerprint density at radius 2 is 2.06 bits per heavy atom. The van der Waals surface area contributed by atoms with Gasteiger partial charge in [-0.2, -0.15) is 0 Å². The number of amides is 1. The highest BCUT2D eigenvalue weighted by Crippen LogP contribution is 2.24. The molecule has 0 bridgehead atoms. The molecule has 1 aromatic rings. The maximum atomic E-state index is 12.2. The Bertz CT molecular complexity index is 477. The molecule has 0 aromatic heterocycles. The molecular weight excluding hydrogens is 224 g/mol. The fourth-order valence-corrected chi connectivity index (χ4v) is 1.99. The second-order valence-electron chi connectivity index (χ2n) is 4.58. The molecule has 0 spiro atoms. The molecule has 0 aliphatic heterocycles. The molecule has 1 amide bonds. The van der Waals surface area contributed by atoms with Crippen LogP contribution in [0.5, 0.6) is 0 Å². The molecule has 2 rings (SSSR count). The largest absolute Gasteiger partial charge is 0.339 e. The van der Waals surface area contributed by atoms with Crippen LogP contribution in [0.2, 0.25) is 0 Å². The number of carbonyl (C=O) groups is 1. The fraction of sp³-hybridized carbons (Fsp3) is 0.400. The van der Waals surface area contributed by atoms with Crippen molar-refractivity contribution in [2.75, 3.05) is 13.6 Å². The SMILES string of the molecule is CN(C(=O)c1ccc(C#CCN)cc1)C1CCC1. The zero-order valence-corrected chi connectivity index (χ0v) is 10.6. The van der Waals surface area contributed by atoms with E-state index in [0.29, 0.717) is 12.6 Å². The van der Waals surface area contributed by atoms with E-state index in [9.17, 15) is 4.79 Å². The van der Waals surface area contributed by atoms with E-state index in [1.165, 1.54) is 6.42 Å². The third-order valence-corrected chi connectivity index (χ3v) is 3.41. The Labute approximate surface area is 108 Å². The van der Waals surface area contributed by atoms with Gasteiger partial charge in [-0.25, -0.2) is 0 Å². The number of nitrogens with two attached hydrogens (primary N) is 1. The van der Waals surface area contributed by atoms with E-state index in [0.717, 1.165) is 24.0 Å². The van der Waals surface area contributed by atoms with Gasteiger partial charge in [0, 0.05) is 24.2 Å². The molecule has 1 aliphatic carbocycles. The molecule has 1 aliphatic rings. The molecule has 3 nitrogen and oxygen atoms in total. The van der Waals surface area contributed by atoms with Crippen molar-refractivity contribution in [2.24, 2.45) is 5.73 Å². The first-order chi connectivity index (χ1) is 8.72. The second kappa shape index (κ2) is 5.70. The van der Waals surface area contributed by atoms with Crippen LogP contribution >= 0.6 is 0 Å². The lowest BCUT2D eigenvalue weighted by Crippen LogP contribution is -2.41. The quantitative estimate of drug-likeness (QED) is 0.801. The predicted octanol–water partition coefficient (Wildman–Crippen LogP) is 1.62. The van der Waals surface area contributed by atoms with Crippen molar-refractivity contribution in [3.63, 3.8) is 0 Å². The third-order valence-electron chi connectivity index (χ3n) is 3.41. The average molecular weight is 242 g/mol. The number of rotatable bonds is 2. The summed E-state index contributed by atoms with van der Waals surface area (Å²) in [6.07, 6.45) is 3.49. The van der Waals surface area contributed by atoms with Gasteiger partial charge >= 0.3 is 0 Å². The van der Waals surface area contributed by atoms with Gasteiger partial charge in [-0.3, -0.25) is 4.79 Å². The van der Waals surface area contributed by atoms with Gasteiger partial charge in [0.15, 0.2) is 0 Å². The summed E-state index contributed by atoms with van der Waals surface area (Å²) in [4.78, 5) is 14.0. The standard InChI is InChI=1S/C15H18N2O/c1-17(14-5-2-6-14)15(18)13-9-7-12(8-10-13)4-3-11-16/h7-10,14H,2,5-6,11,16H2,1H3. The molecule has 1 saturated carbocycles. The van der Waals surface area contributed by atoms with Crippen molar-refractivity contribution in [1.82, 2.24) is 4.90 Å². The normalized spacial score (nSPS) is 14.3. The first kappa shape index (κ1) is 12.7. The van der Waals surface area contributed by atoms with Crippen molar-refractivity contribution in [3.8, 4) is 11.8 Å². The third kappa shape index (κ3) is 2.72. The van der Waals surface area contributed by atoms with Crippen LogP contribution in [0.25, 0.3) is 0 Å². The molecule has 0 atom stereocenters. The summed E-state index contributed by atoms with van der Waals surface area (Å²) in [5.74, 6) is 5.84. The number of hydrogen-bond acceptors (Lipinski definition) is 2. The van der Waals surface area contributed by atoms with E-state index in [2.05, 4.69) is 11.8 Å². The summed E-state index contributed by atoms with van der Waals surface area (Å²) in [5.41, 5.74) is 6.93. The van der Waals surface area contributed by atoms with Crippen LogP contribution in [-0.4, -0.2) is 30.4 Å². The van der Waals surface area contributed by atoms with Crippen LogP contribution in [0.15, 0.2) is 24.3 Å². The Morgan fingerprint density at radius 1 is 1.39 bits per heavy atom. The Kier molecular flexibility index (Phi) is 4.01. The van der Waals surface area contributed by atoms with Crippen LogP contribution < -0.4 is 5.73 Å². The van der Waals surface area contributed by atoms with E-state index < -0.39 is 0 Å². The highest BCUT2D eigenvalue weighted by atomic mass is 16.2. The second-order valence-corrected chi connectivity index (χ2v) is 4.58. The van der Waals surface area contributed by atoms with Crippen molar-refractivity contribution < 1.29 is 4.79 Å². The van der Waals surface area contributed by atoms with E-state index in [1.54, 1.807) is 0 Å². The molecule has 94 valence electrons. The minimum Gasteiger partial charge on any atom is -0.339 e. The summed E-state index contributed by atoms with van der Waals surface area (Å²) in [6, 6.07) is 7.82. The summed E-state index contributed by atoms with van der Waals surface area (Å²) in [5, 5.41) is 0. The molecule has 0 radical (unpaired) electrons.